The summed E-state index contributed by atoms with van der Waals surface area (Å²) in [4.78, 5) is 12.0. The summed E-state index contributed by atoms with van der Waals surface area (Å²) < 4.78 is 0. The molecule has 2 saturated carbocycles. The molecule has 5 unspecified atom stereocenters. The Morgan fingerprint density at radius 3 is 2.68 bits per heavy atom. The van der Waals surface area contributed by atoms with Crippen LogP contribution in [-0.4, -0.2) is 11.1 Å². The number of carboxylic acids is 1. The van der Waals surface area contributed by atoms with Gasteiger partial charge in [-0.15, -0.1) is 0 Å². The third-order valence-electron chi connectivity index (χ3n) is 7.75. The van der Waals surface area contributed by atoms with Crippen LogP contribution in [-0.2, 0) is 4.79 Å². The highest BCUT2D eigenvalue weighted by molar-refractivity contribution is 5.75. The molecule has 4 aliphatic carbocycles. The van der Waals surface area contributed by atoms with Gasteiger partial charge in [-0.05, 0) is 62.2 Å². The van der Waals surface area contributed by atoms with Crippen LogP contribution in [0.1, 0.15) is 65.7 Å². The third kappa shape index (κ3) is 1.59. The Morgan fingerprint density at radius 2 is 1.95 bits per heavy atom. The van der Waals surface area contributed by atoms with Gasteiger partial charge in [0.15, 0.2) is 0 Å². The van der Waals surface area contributed by atoms with Crippen LogP contribution in [0.2, 0.25) is 0 Å². The van der Waals surface area contributed by atoms with Crippen LogP contribution < -0.4 is 0 Å². The van der Waals surface area contributed by atoms with E-state index >= 15 is 0 Å². The van der Waals surface area contributed by atoms with Crippen molar-refractivity contribution in [3.05, 3.63) is 23.8 Å². The first-order chi connectivity index (χ1) is 10.2. The van der Waals surface area contributed by atoms with Gasteiger partial charge in [0.05, 0.1) is 5.41 Å². The Morgan fingerprint density at radius 1 is 1.18 bits per heavy atom. The average molecular weight is 300 g/mol. The largest absolute Gasteiger partial charge is 0.481 e. The van der Waals surface area contributed by atoms with Gasteiger partial charge in [0.2, 0.25) is 0 Å². The number of aliphatic carboxylic acids is 1. The molecule has 1 N–H and O–H groups in total. The maximum absolute atomic E-state index is 12.0. The van der Waals surface area contributed by atoms with Crippen molar-refractivity contribution in [3.63, 3.8) is 0 Å². The van der Waals surface area contributed by atoms with E-state index in [4.69, 9.17) is 0 Å². The lowest BCUT2D eigenvalue weighted by Crippen LogP contribution is -2.54. The minimum atomic E-state index is -0.581. The first kappa shape index (κ1) is 14.5. The van der Waals surface area contributed by atoms with E-state index in [2.05, 4.69) is 32.1 Å². The van der Waals surface area contributed by atoms with Crippen molar-refractivity contribution in [1.82, 2.24) is 0 Å². The Balaban J connectivity index is 1.82. The van der Waals surface area contributed by atoms with E-state index in [1.807, 2.05) is 6.92 Å². The van der Waals surface area contributed by atoms with Gasteiger partial charge >= 0.3 is 5.97 Å². The van der Waals surface area contributed by atoms with Crippen LogP contribution in [0.25, 0.3) is 0 Å². The van der Waals surface area contributed by atoms with Gasteiger partial charge in [-0.1, -0.05) is 44.1 Å². The zero-order valence-electron chi connectivity index (χ0n) is 14.1. The highest BCUT2D eigenvalue weighted by Crippen LogP contribution is 2.69. The second kappa shape index (κ2) is 4.07. The molecule has 1 spiro atoms. The molecular weight excluding hydrogens is 272 g/mol. The number of hydrogen-bond donors (Lipinski definition) is 1. The number of carboxylic acid groups (broad SMARTS) is 1. The molecule has 0 radical (unpaired) electrons. The van der Waals surface area contributed by atoms with E-state index in [1.165, 1.54) is 12.8 Å². The summed E-state index contributed by atoms with van der Waals surface area (Å²) in [5.74, 6) is -0.288. The van der Waals surface area contributed by atoms with Crippen molar-refractivity contribution in [2.24, 2.45) is 27.6 Å². The zero-order chi connectivity index (χ0) is 15.8. The van der Waals surface area contributed by atoms with Crippen LogP contribution in [0.3, 0.4) is 0 Å². The van der Waals surface area contributed by atoms with Gasteiger partial charge < -0.3 is 5.11 Å². The molecule has 4 rings (SSSR count). The highest BCUT2D eigenvalue weighted by atomic mass is 16.4. The lowest BCUT2D eigenvalue weighted by atomic mass is 9.43. The third-order valence-corrected chi connectivity index (χ3v) is 7.75. The highest BCUT2D eigenvalue weighted by Gasteiger charge is 2.62. The molecule has 2 fully saturated rings. The van der Waals surface area contributed by atoms with Gasteiger partial charge in [0, 0.05) is 5.41 Å². The molecule has 0 saturated heterocycles. The standard InChI is InChI=1S/C20H28O2/c1-17-9-5-15-18(2)7-4-8-19(3,16(21)22)14(18)6-10-20(15,13-17)12-11-17/h5,11-12,14H,4,6-10,13H2,1-3H3,(H,21,22). The molecule has 5 atom stereocenters. The molecule has 4 aliphatic rings. The maximum atomic E-state index is 12.0. The van der Waals surface area contributed by atoms with Crippen LogP contribution >= 0.6 is 0 Å². The van der Waals surface area contributed by atoms with Crippen molar-refractivity contribution < 1.29 is 9.90 Å². The van der Waals surface area contributed by atoms with Crippen molar-refractivity contribution >= 4 is 5.97 Å². The molecule has 120 valence electrons. The van der Waals surface area contributed by atoms with E-state index in [-0.39, 0.29) is 10.8 Å². The average Bonchev–Trinajstić information content (AvgIpc) is 2.68. The SMILES string of the molecule is CC12C=CC3(CCC4C(C)(C(=O)O)CCCC4(C)C3=CC1)C2. The van der Waals surface area contributed by atoms with Gasteiger partial charge in [-0.3, -0.25) is 4.79 Å². The summed E-state index contributed by atoms with van der Waals surface area (Å²) in [5, 5.41) is 9.88. The fourth-order valence-electron chi connectivity index (χ4n) is 6.66. The van der Waals surface area contributed by atoms with Gasteiger partial charge in [-0.2, -0.15) is 0 Å². The Bertz CT molecular complexity index is 603. The fourth-order valence-corrected chi connectivity index (χ4v) is 6.66. The summed E-state index contributed by atoms with van der Waals surface area (Å²) in [5.41, 5.74) is 1.72. The summed E-state index contributed by atoms with van der Waals surface area (Å²) in [6.07, 6.45) is 15.1. The smallest absolute Gasteiger partial charge is 0.309 e. The molecule has 0 amide bonds. The summed E-state index contributed by atoms with van der Waals surface area (Å²) in [7, 11) is 0. The zero-order valence-corrected chi connectivity index (χ0v) is 14.1. The van der Waals surface area contributed by atoms with E-state index in [9.17, 15) is 9.90 Å². The van der Waals surface area contributed by atoms with Gasteiger partial charge in [0.25, 0.3) is 0 Å². The van der Waals surface area contributed by atoms with Crippen molar-refractivity contribution in [3.8, 4) is 0 Å². The summed E-state index contributed by atoms with van der Waals surface area (Å²) in [6.45, 7) is 6.76. The van der Waals surface area contributed by atoms with Crippen LogP contribution in [0, 0.1) is 27.6 Å². The lowest BCUT2D eigenvalue weighted by Gasteiger charge is -2.60. The Kier molecular flexibility index (Phi) is 2.69. The minimum absolute atomic E-state index is 0.0830. The van der Waals surface area contributed by atoms with Crippen LogP contribution in [0.5, 0.6) is 0 Å². The lowest BCUT2D eigenvalue weighted by molar-refractivity contribution is -0.161. The first-order valence-corrected chi connectivity index (χ1v) is 8.89. The van der Waals surface area contributed by atoms with Crippen molar-refractivity contribution in [1.29, 1.82) is 0 Å². The predicted octanol–water partition coefficient (Wildman–Crippen LogP) is 4.96. The van der Waals surface area contributed by atoms with E-state index in [0.717, 1.165) is 32.1 Å². The van der Waals surface area contributed by atoms with Crippen molar-refractivity contribution in [2.75, 3.05) is 0 Å². The maximum Gasteiger partial charge on any atom is 0.309 e. The van der Waals surface area contributed by atoms with Crippen LogP contribution in [0.4, 0.5) is 0 Å². The normalized spacial score (nSPS) is 52.7. The molecule has 22 heavy (non-hydrogen) atoms. The van der Waals surface area contributed by atoms with Gasteiger partial charge in [-0.25, -0.2) is 0 Å². The quantitative estimate of drug-likeness (QED) is 0.695. The van der Waals surface area contributed by atoms with Crippen LogP contribution in [0.15, 0.2) is 23.8 Å². The topological polar surface area (TPSA) is 37.3 Å². The molecule has 0 aromatic rings. The van der Waals surface area contributed by atoms with E-state index in [0.29, 0.717) is 11.3 Å². The van der Waals surface area contributed by atoms with E-state index < -0.39 is 11.4 Å². The molecular formula is C20H28O2. The monoisotopic (exact) mass is 300 g/mol. The molecule has 0 aromatic carbocycles. The molecule has 2 bridgehead atoms. The number of hydrogen-bond acceptors (Lipinski definition) is 1. The van der Waals surface area contributed by atoms with Crippen molar-refractivity contribution in [2.45, 2.75) is 65.7 Å². The second-order valence-electron chi connectivity index (χ2n) is 9.23. The Labute approximate surface area is 133 Å². The minimum Gasteiger partial charge on any atom is -0.481 e. The number of carbonyl (C=O) groups is 1. The fraction of sp³-hybridized carbons (Fsp3) is 0.750. The van der Waals surface area contributed by atoms with Gasteiger partial charge in [0.1, 0.15) is 0 Å². The number of rotatable bonds is 1. The Hall–Kier alpha value is -1.05. The van der Waals surface area contributed by atoms with E-state index in [1.54, 1.807) is 5.57 Å². The molecule has 0 aromatic heterocycles. The second-order valence-corrected chi connectivity index (χ2v) is 9.23. The predicted molar refractivity (Wildman–Crippen MR) is 87.4 cm³/mol. The molecule has 0 aliphatic heterocycles. The number of allylic oxidation sites excluding steroid dienone is 4. The molecule has 2 heteroatoms. The molecule has 0 heterocycles. The summed E-state index contributed by atoms with van der Waals surface area (Å²) in [6, 6.07) is 0. The number of fused-ring (bicyclic) bond motifs is 3. The molecule has 2 nitrogen and oxygen atoms in total. The summed E-state index contributed by atoms with van der Waals surface area (Å²) >= 11 is 0. The first-order valence-electron chi connectivity index (χ1n) is 8.89.